The molecule has 1 N–H and O–H groups in total. The van der Waals surface area contributed by atoms with Gasteiger partial charge in [0, 0.05) is 18.8 Å². The van der Waals surface area contributed by atoms with Crippen LogP contribution < -0.4 is 14.8 Å². The summed E-state index contributed by atoms with van der Waals surface area (Å²) in [7, 11) is -1.07. The molecule has 1 aromatic heterocycles. The zero-order valence-corrected chi connectivity index (χ0v) is 19.4. The van der Waals surface area contributed by atoms with Gasteiger partial charge in [-0.15, -0.1) is 0 Å². The molecule has 0 aliphatic carbocycles. The molecule has 0 aliphatic heterocycles. The molecule has 1 amide bonds. The Labute approximate surface area is 194 Å². The van der Waals surface area contributed by atoms with Crippen LogP contribution in [0.4, 0.5) is 0 Å². The summed E-state index contributed by atoms with van der Waals surface area (Å²) in [5.74, 6) is 0.291. The predicted octanol–water partition coefficient (Wildman–Crippen LogP) is 2.65. The number of sulfonamides is 1. The van der Waals surface area contributed by atoms with Crippen LogP contribution in [0.3, 0.4) is 0 Å². The van der Waals surface area contributed by atoms with E-state index < -0.39 is 15.9 Å². The first-order chi connectivity index (χ1) is 15.9. The lowest BCUT2D eigenvalue weighted by Gasteiger charge is -2.22. The highest BCUT2D eigenvalue weighted by Gasteiger charge is 2.27. The quantitative estimate of drug-likeness (QED) is 0.464. The summed E-state index contributed by atoms with van der Waals surface area (Å²) >= 11 is 0. The number of hydrogen-bond acceptors (Lipinski definition) is 6. The minimum atomic E-state index is -3.99. The smallest absolute Gasteiger partial charge is 0.243 e. The van der Waals surface area contributed by atoms with Crippen LogP contribution in [0.15, 0.2) is 77.8 Å². The van der Waals surface area contributed by atoms with E-state index in [1.54, 1.807) is 18.3 Å². The molecule has 0 bridgehead atoms. The third-order valence-electron chi connectivity index (χ3n) is 5.00. The minimum absolute atomic E-state index is 0.0192. The van der Waals surface area contributed by atoms with Gasteiger partial charge in [0.25, 0.3) is 0 Å². The molecule has 33 heavy (non-hydrogen) atoms. The Bertz CT molecular complexity index is 1160. The van der Waals surface area contributed by atoms with Gasteiger partial charge in [0.15, 0.2) is 11.5 Å². The van der Waals surface area contributed by atoms with Gasteiger partial charge in [0.1, 0.15) is 0 Å². The summed E-state index contributed by atoms with van der Waals surface area (Å²) < 4.78 is 38.6. The van der Waals surface area contributed by atoms with Gasteiger partial charge in [0.05, 0.1) is 37.9 Å². The van der Waals surface area contributed by atoms with Crippen LogP contribution >= 0.6 is 0 Å². The van der Waals surface area contributed by atoms with E-state index in [1.165, 1.54) is 36.7 Å². The predicted molar refractivity (Wildman–Crippen MR) is 125 cm³/mol. The Morgan fingerprint density at radius 2 is 1.70 bits per heavy atom. The van der Waals surface area contributed by atoms with E-state index >= 15 is 0 Å². The maximum absolute atomic E-state index is 13.5. The molecule has 0 saturated carbocycles. The first-order valence-corrected chi connectivity index (χ1v) is 11.8. The van der Waals surface area contributed by atoms with Gasteiger partial charge < -0.3 is 14.8 Å². The second-order valence-electron chi connectivity index (χ2n) is 7.19. The Hall–Kier alpha value is -3.43. The molecule has 3 aromatic rings. The van der Waals surface area contributed by atoms with E-state index in [1.807, 2.05) is 36.4 Å². The van der Waals surface area contributed by atoms with Crippen molar-refractivity contribution in [2.45, 2.75) is 17.9 Å². The van der Waals surface area contributed by atoms with E-state index in [9.17, 15) is 13.2 Å². The summed E-state index contributed by atoms with van der Waals surface area (Å²) in [4.78, 5) is 16.8. The molecular weight excluding hydrogens is 442 g/mol. The van der Waals surface area contributed by atoms with Gasteiger partial charge in [-0.2, -0.15) is 4.31 Å². The number of carbonyl (C=O) groups excluding carboxylic acids is 1. The number of nitrogens with zero attached hydrogens (tertiary/aromatic N) is 2. The first kappa shape index (κ1) is 24.2. The third kappa shape index (κ3) is 6.53. The number of carbonyl (C=O) groups is 1. The fourth-order valence-electron chi connectivity index (χ4n) is 3.22. The standard InChI is InChI=1S/C24H27N3O5S/c1-31-22-12-11-21(16-23(22)32-2)33(29,30)27(15-13-19-8-4-3-5-9-19)18-24(28)26-17-20-10-6-7-14-25-20/h3-12,14,16H,13,15,17-18H2,1-2H3,(H,26,28). The molecular formula is C24H27N3O5S. The SMILES string of the molecule is COc1ccc(S(=O)(=O)N(CCc2ccccc2)CC(=O)NCc2ccccn2)cc1OC. The number of nitrogens with one attached hydrogen (secondary N) is 1. The molecule has 0 atom stereocenters. The molecule has 9 heteroatoms. The molecule has 0 saturated heterocycles. The van der Waals surface area contributed by atoms with Crippen molar-refractivity contribution in [3.8, 4) is 11.5 Å². The van der Waals surface area contributed by atoms with Crippen molar-refractivity contribution in [2.24, 2.45) is 0 Å². The third-order valence-corrected chi connectivity index (χ3v) is 6.84. The van der Waals surface area contributed by atoms with Crippen molar-refractivity contribution in [1.82, 2.24) is 14.6 Å². The number of hydrogen-bond donors (Lipinski definition) is 1. The molecule has 3 rings (SSSR count). The Kier molecular flexibility index (Phi) is 8.39. The molecule has 0 aliphatic rings. The van der Waals surface area contributed by atoms with Gasteiger partial charge in [0.2, 0.25) is 15.9 Å². The normalized spacial score (nSPS) is 11.2. The van der Waals surface area contributed by atoms with Crippen molar-refractivity contribution in [2.75, 3.05) is 27.3 Å². The average molecular weight is 470 g/mol. The van der Waals surface area contributed by atoms with Gasteiger partial charge >= 0.3 is 0 Å². The highest BCUT2D eigenvalue weighted by atomic mass is 32.2. The lowest BCUT2D eigenvalue weighted by Crippen LogP contribution is -2.41. The maximum atomic E-state index is 13.5. The van der Waals surface area contributed by atoms with Gasteiger partial charge in [-0.05, 0) is 36.2 Å². The zero-order chi connectivity index (χ0) is 23.7. The summed E-state index contributed by atoms with van der Waals surface area (Å²) in [6.07, 6.45) is 2.09. The number of aromatic nitrogens is 1. The van der Waals surface area contributed by atoms with Gasteiger partial charge in [-0.1, -0.05) is 36.4 Å². The van der Waals surface area contributed by atoms with Crippen LogP contribution in [-0.4, -0.2) is 50.9 Å². The zero-order valence-electron chi connectivity index (χ0n) is 18.6. The van der Waals surface area contributed by atoms with E-state index in [2.05, 4.69) is 10.3 Å². The molecule has 1 heterocycles. The number of rotatable bonds is 11. The van der Waals surface area contributed by atoms with Crippen molar-refractivity contribution in [3.05, 3.63) is 84.2 Å². The van der Waals surface area contributed by atoms with E-state index in [0.717, 1.165) is 5.56 Å². The summed E-state index contributed by atoms with van der Waals surface area (Å²) in [6.45, 7) is 0.0245. The van der Waals surface area contributed by atoms with E-state index in [0.29, 0.717) is 23.6 Å². The van der Waals surface area contributed by atoms with Crippen molar-refractivity contribution in [3.63, 3.8) is 0 Å². The highest BCUT2D eigenvalue weighted by Crippen LogP contribution is 2.30. The van der Waals surface area contributed by atoms with Gasteiger partial charge in [-0.25, -0.2) is 8.42 Å². The van der Waals surface area contributed by atoms with Crippen LogP contribution in [0.1, 0.15) is 11.3 Å². The lowest BCUT2D eigenvalue weighted by atomic mass is 10.1. The number of benzene rings is 2. The van der Waals surface area contributed by atoms with Crippen molar-refractivity contribution >= 4 is 15.9 Å². The van der Waals surface area contributed by atoms with Crippen LogP contribution in [-0.2, 0) is 27.8 Å². The first-order valence-electron chi connectivity index (χ1n) is 10.4. The monoisotopic (exact) mass is 469 g/mol. The second-order valence-corrected chi connectivity index (χ2v) is 9.13. The van der Waals surface area contributed by atoms with E-state index in [-0.39, 0.29) is 24.5 Å². The van der Waals surface area contributed by atoms with Crippen LogP contribution in [0.2, 0.25) is 0 Å². The highest BCUT2D eigenvalue weighted by molar-refractivity contribution is 7.89. The Balaban J connectivity index is 1.81. The Morgan fingerprint density at radius 3 is 2.36 bits per heavy atom. The van der Waals surface area contributed by atoms with Crippen LogP contribution in [0, 0.1) is 0 Å². The number of pyridine rings is 1. The molecule has 174 valence electrons. The van der Waals surface area contributed by atoms with E-state index in [4.69, 9.17) is 9.47 Å². The molecule has 0 unspecified atom stereocenters. The van der Waals surface area contributed by atoms with Crippen LogP contribution in [0.5, 0.6) is 11.5 Å². The summed E-state index contributed by atoms with van der Waals surface area (Å²) in [5, 5.41) is 2.74. The largest absolute Gasteiger partial charge is 0.493 e. The Morgan fingerprint density at radius 1 is 0.970 bits per heavy atom. The minimum Gasteiger partial charge on any atom is -0.493 e. The fraction of sp³-hybridized carbons (Fsp3) is 0.250. The summed E-state index contributed by atoms with van der Waals surface area (Å²) in [6, 6.07) is 19.3. The number of methoxy groups -OCH3 is 2. The number of amides is 1. The van der Waals surface area contributed by atoms with Gasteiger partial charge in [-0.3, -0.25) is 9.78 Å². The molecule has 2 aromatic carbocycles. The fourth-order valence-corrected chi connectivity index (χ4v) is 4.63. The van der Waals surface area contributed by atoms with Crippen molar-refractivity contribution < 1.29 is 22.7 Å². The molecule has 0 radical (unpaired) electrons. The second kappa shape index (κ2) is 11.4. The topological polar surface area (TPSA) is 97.8 Å². The maximum Gasteiger partial charge on any atom is 0.243 e. The number of ether oxygens (including phenoxy) is 2. The summed E-state index contributed by atoms with van der Waals surface area (Å²) in [5.41, 5.74) is 1.66. The van der Waals surface area contributed by atoms with Crippen LogP contribution in [0.25, 0.3) is 0 Å². The molecule has 0 fully saturated rings. The molecule has 0 spiro atoms. The lowest BCUT2D eigenvalue weighted by molar-refractivity contribution is -0.121. The molecule has 8 nitrogen and oxygen atoms in total. The average Bonchev–Trinajstić information content (AvgIpc) is 2.85. The van der Waals surface area contributed by atoms with Crippen molar-refractivity contribution in [1.29, 1.82) is 0 Å².